The molecule has 1 aromatic carbocycles. The molecule has 2 amide bonds. The highest BCUT2D eigenvalue weighted by Crippen LogP contribution is 2.25. The van der Waals surface area contributed by atoms with Crippen molar-refractivity contribution in [3.05, 3.63) is 36.0 Å². The smallest absolute Gasteiger partial charge is 0.256 e. The largest absolute Gasteiger partial charge is 0.360 e. The Hall–Kier alpha value is -2.30. The molecule has 0 saturated carbocycles. The Labute approximate surface area is 122 Å². The van der Waals surface area contributed by atoms with E-state index >= 15 is 0 Å². The number of aromatic amines is 1. The fourth-order valence-corrected chi connectivity index (χ4v) is 3.47. The van der Waals surface area contributed by atoms with Gasteiger partial charge < -0.3 is 14.8 Å². The fraction of sp³-hybridized carbons (Fsp3) is 0.375. The normalized spacial score (nSPS) is 21.9. The highest BCUT2D eigenvalue weighted by atomic mass is 16.2. The first-order chi connectivity index (χ1) is 10.2. The summed E-state index contributed by atoms with van der Waals surface area (Å²) in [4.78, 5) is 31.4. The van der Waals surface area contributed by atoms with Crippen LogP contribution in [0.5, 0.6) is 0 Å². The number of piperazine rings is 1. The molecule has 0 radical (unpaired) electrons. The third-order valence-corrected chi connectivity index (χ3v) is 4.60. The predicted octanol–water partition coefficient (Wildman–Crippen LogP) is 1.61. The number of carbonyl (C=O) groups is 2. The number of hydrogen-bond donors (Lipinski definition) is 1. The number of rotatable bonds is 1. The second kappa shape index (κ2) is 4.62. The number of nitrogens with zero attached hydrogens (tertiary/aromatic N) is 2. The van der Waals surface area contributed by atoms with Gasteiger partial charge in [0.05, 0.1) is 5.56 Å². The second-order valence-electron chi connectivity index (χ2n) is 5.78. The van der Waals surface area contributed by atoms with Crippen LogP contribution in [0.15, 0.2) is 30.5 Å². The van der Waals surface area contributed by atoms with Crippen LogP contribution in [-0.4, -0.2) is 52.3 Å². The van der Waals surface area contributed by atoms with Crippen molar-refractivity contribution >= 4 is 22.7 Å². The molecule has 2 aliphatic rings. The van der Waals surface area contributed by atoms with Crippen molar-refractivity contribution in [3.63, 3.8) is 0 Å². The highest BCUT2D eigenvalue weighted by molar-refractivity contribution is 6.06. The lowest BCUT2D eigenvalue weighted by atomic mass is 10.1. The van der Waals surface area contributed by atoms with Gasteiger partial charge in [0.1, 0.15) is 0 Å². The van der Waals surface area contributed by atoms with E-state index in [9.17, 15) is 9.59 Å². The molecule has 3 heterocycles. The number of H-pyrrole nitrogens is 1. The van der Waals surface area contributed by atoms with Crippen LogP contribution in [-0.2, 0) is 4.79 Å². The number of carbonyl (C=O) groups excluding carboxylic acids is 2. The summed E-state index contributed by atoms with van der Waals surface area (Å²) < 4.78 is 0. The van der Waals surface area contributed by atoms with Crippen molar-refractivity contribution in [3.8, 4) is 0 Å². The lowest BCUT2D eigenvalue weighted by molar-refractivity contribution is -0.130. The van der Waals surface area contributed by atoms with Gasteiger partial charge in [0.25, 0.3) is 5.91 Å². The van der Waals surface area contributed by atoms with E-state index in [1.165, 1.54) is 0 Å². The standard InChI is InChI=1S/C16H17N3O2/c20-15-6-5-11-10-18(7-8-19(11)15)16(21)13-9-17-14-4-2-1-3-12(13)14/h1-4,9,11,17H,5-8,10H2. The first-order valence-electron chi connectivity index (χ1n) is 7.39. The summed E-state index contributed by atoms with van der Waals surface area (Å²) in [7, 11) is 0. The second-order valence-corrected chi connectivity index (χ2v) is 5.78. The van der Waals surface area contributed by atoms with Gasteiger partial charge in [-0.3, -0.25) is 9.59 Å². The van der Waals surface area contributed by atoms with Crippen molar-refractivity contribution in [1.29, 1.82) is 0 Å². The Kier molecular flexibility index (Phi) is 2.74. The topological polar surface area (TPSA) is 56.4 Å². The fourth-order valence-electron chi connectivity index (χ4n) is 3.47. The van der Waals surface area contributed by atoms with Crippen molar-refractivity contribution < 1.29 is 9.59 Å². The van der Waals surface area contributed by atoms with E-state index in [2.05, 4.69) is 4.98 Å². The molecule has 2 fully saturated rings. The summed E-state index contributed by atoms with van der Waals surface area (Å²) in [5.74, 6) is 0.297. The summed E-state index contributed by atoms with van der Waals surface area (Å²) in [6, 6.07) is 8.05. The maximum absolute atomic E-state index is 12.7. The maximum Gasteiger partial charge on any atom is 0.256 e. The molecule has 1 aromatic heterocycles. The molecule has 5 nitrogen and oxygen atoms in total. The number of benzene rings is 1. The van der Waals surface area contributed by atoms with Crippen molar-refractivity contribution in [2.75, 3.05) is 19.6 Å². The van der Waals surface area contributed by atoms with E-state index in [-0.39, 0.29) is 17.9 Å². The molecule has 1 N–H and O–H groups in total. The summed E-state index contributed by atoms with van der Waals surface area (Å²) in [5, 5.41) is 0.965. The molecule has 1 unspecified atom stereocenters. The maximum atomic E-state index is 12.7. The highest BCUT2D eigenvalue weighted by Gasteiger charge is 2.37. The Morgan fingerprint density at radius 2 is 2.10 bits per heavy atom. The molecule has 5 heteroatoms. The average Bonchev–Trinajstić information content (AvgIpc) is 3.10. The summed E-state index contributed by atoms with van der Waals surface area (Å²) in [5.41, 5.74) is 1.71. The van der Waals surface area contributed by atoms with Gasteiger partial charge in [-0.1, -0.05) is 18.2 Å². The first kappa shape index (κ1) is 12.4. The van der Waals surface area contributed by atoms with Crippen LogP contribution >= 0.6 is 0 Å². The monoisotopic (exact) mass is 283 g/mol. The number of fused-ring (bicyclic) bond motifs is 2. The minimum Gasteiger partial charge on any atom is -0.360 e. The molecule has 0 aliphatic carbocycles. The SMILES string of the molecule is O=C(c1c[nH]c2ccccc12)N1CCN2C(=O)CCC2C1. The van der Waals surface area contributed by atoms with Crippen LogP contribution in [0.2, 0.25) is 0 Å². The van der Waals surface area contributed by atoms with E-state index < -0.39 is 0 Å². The van der Waals surface area contributed by atoms with Crippen LogP contribution in [0.4, 0.5) is 0 Å². The molecule has 4 rings (SSSR count). The predicted molar refractivity (Wildman–Crippen MR) is 78.9 cm³/mol. The number of aromatic nitrogens is 1. The zero-order valence-electron chi connectivity index (χ0n) is 11.7. The molecule has 108 valence electrons. The number of nitrogens with one attached hydrogen (secondary N) is 1. The molecule has 2 saturated heterocycles. The third kappa shape index (κ3) is 1.92. The van der Waals surface area contributed by atoms with Crippen LogP contribution in [0, 0.1) is 0 Å². The van der Waals surface area contributed by atoms with Crippen LogP contribution in [0.1, 0.15) is 23.2 Å². The average molecular weight is 283 g/mol. The van der Waals surface area contributed by atoms with E-state index in [0.29, 0.717) is 26.1 Å². The van der Waals surface area contributed by atoms with Crippen molar-refractivity contribution in [2.45, 2.75) is 18.9 Å². The quantitative estimate of drug-likeness (QED) is 0.864. The Morgan fingerprint density at radius 1 is 1.24 bits per heavy atom. The number of hydrogen-bond acceptors (Lipinski definition) is 2. The molecular weight excluding hydrogens is 266 g/mol. The van der Waals surface area contributed by atoms with E-state index in [1.807, 2.05) is 34.1 Å². The number of amides is 2. The van der Waals surface area contributed by atoms with Crippen molar-refractivity contribution in [1.82, 2.24) is 14.8 Å². The van der Waals surface area contributed by atoms with Gasteiger partial charge in [-0.15, -0.1) is 0 Å². The molecule has 21 heavy (non-hydrogen) atoms. The van der Waals surface area contributed by atoms with E-state index in [0.717, 1.165) is 22.9 Å². The molecule has 0 bridgehead atoms. The minimum atomic E-state index is 0.0615. The molecular formula is C16H17N3O2. The van der Waals surface area contributed by atoms with Gasteiger partial charge in [-0.2, -0.15) is 0 Å². The van der Waals surface area contributed by atoms with E-state index in [1.54, 1.807) is 6.20 Å². The van der Waals surface area contributed by atoms with Crippen LogP contribution < -0.4 is 0 Å². The summed E-state index contributed by atoms with van der Waals surface area (Å²) in [6.45, 7) is 1.95. The van der Waals surface area contributed by atoms with Crippen molar-refractivity contribution in [2.24, 2.45) is 0 Å². The summed E-state index contributed by atoms with van der Waals surface area (Å²) in [6.07, 6.45) is 3.29. The molecule has 1 atom stereocenters. The third-order valence-electron chi connectivity index (χ3n) is 4.60. The van der Waals surface area contributed by atoms with Gasteiger partial charge in [0.2, 0.25) is 5.91 Å². The Bertz CT molecular complexity index is 721. The van der Waals surface area contributed by atoms with Gasteiger partial charge in [0.15, 0.2) is 0 Å². The molecule has 2 aliphatic heterocycles. The Balaban J connectivity index is 1.59. The zero-order chi connectivity index (χ0) is 14.4. The van der Waals surface area contributed by atoms with Crippen LogP contribution in [0.3, 0.4) is 0 Å². The van der Waals surface area contributed by atoms with Gasteiger partial charge in [0, 0.05) is 49.2 Å². The number of para-hydroxylation sites is 1. The van der Waals surface area contributed by atoms with Gasteiger partial charge >= 0.3 is 0 Å². The summed E-state index contributed by atoms with van der Waals surface area (Å²) >= 11 is 0. The lowest BCUT2D eigenvalue weighted by Crippen LogP contribution is -2.53. The Morgan fingerprint density at radius 3 is 3.00 bits per heavy atom. The minimum absolute atomic E-state index is 0.0615. The van der Waals surface area contributed by atoms with E-state index in [4.69, 9.17) is 0 Å². The van der Waals surface area contributed by atoms with Gasteiger partial charge in [-0.25, -0.2) is 0 Å². The first-order valence-corrected chi connectivity index (χ1v) is 7.39. The lowest BCUT2D eigenvalue weighted by Gasteiger charge is -2.37. The van der Waals surface area contributed by atoms with Gasteiger partial charge in [-0.05, 0) is 12.5 Å². The molecule has 0 spiro atoms. The van der Waals surface area contributed by atoms with Crippen LogP contribution in [0.25, 0.3) is 10.9 Å². The zero-order valence-corrected chi connectivity index (χ0v) is 11.7. The molecule has 2 aromatic rings.